The van der Waals surface area contributed by atoms with Crippen molar-refractivity contribution < 1.29 is 19.5 Å². The molecule has 3 amide bonds. The van der Waals surface area contributed by atoms with Crippen molar-refractivity contribution in [3.63, 3.8) is 0 Å². The van der Waals surface area contributed by atoms with Crippen molar-refractivity contribution in [3.8, 4) is 17.0 Å². The SMILES string of the molecule is Cc1c(C(=O)N(C)c2ccc(O)cc2)cc(-c2cc3c(cc2C(=O)N2Cc4ccccc4C[C@H]2C)CN(C(=O)Cc2ccccc2N2CCN(C)CC2)CC3)n1C. The average molecular weight is 765 g/mol. The van der Waals surface area contributed by atoms with Gasteiger partial charge in [0.1, 0.15) is 5.75 Å². The number of phenolic OH excluding ortho intramolecular Hbond substituents is 1. The second-order valence-electron chi connectivity index (χ2n) is 16.1. The molecule has 1 aromatic heterocycles. The number of aromatic nitrogens is 1. The second-order valence-corrected chi connectivity index (χ2v) is 16.1. The number of carbonyl (C=O) groups excluding carboxylic acids is 3. The number of fused-ring (bicyclic) bond motifs is 2. The first-order chi connectivity index (χ1) is 27.5. The molecule has 1 fully saturated rings. The van der Waals surface area contributed by atoms with Crippen molar-refractivity contribution >= 4 is 29.1 Å². The molecule has 4 aromatic carbocycles. The van der Waals surface area contributed by atoms with E-state index in [2.05, 4.69) is 66.2 Å². The number of benzene rings is 4. The van der Waals surface area contributed by atoms with Crippen LogP contribution in [0.5, 0.6) is 5.75 Å². The molecule has 1 N–H and O–H groups in total. The summed E-state index contributed by atoms with van der Waals surface area (Å²) >= 11 is 0. The van der Waals surface area contributed by atoms with Crippen LogP contribution in [-0.2, 0) is 44.2 Å². The normalized spacial score (nSPS) is 16.9. The molecule has 0 saturated carbocycles. The molecule has 4 heterocycles. The Bertz CT molecular complexity index is 2340. The van der Waals surface area contributed by atoms with Gasteiger partial charge < -0.3 is 34.2 Å². The van der Waals surface area contributed by atoms with Crippen molar-refractivity contribution in [1.82, 2.24) is 19.3 Å². The fraction of sp³-hybridized carbons (Fsp3) is 0.340. The zero-order chi connectivity index (χ0) is 40.0. The Hall–Kier alpha value is -5.87. The van der Waals surface area contributed by atoms with E-state index in [0.29, 0.717) is 49.3 Å². The lowest BCUT2D eigenvalue weighted by Crippen LogP contribution is -2.45. The number of anilines is 2. The third kappa shape index (κ3) is 7.42. The van der Waals surface area contributed by atoms with Gasteiger partial charge in [-0.2, -0.15) is 0 Å². The molecule has 0 radical (unpaired) electrons. The van der Waals surface area contributed by atoms with Crippen LogP contribution in [0.2, 0.25) is 0 Å². The van der Waals surface area contributed by atoms with Gasteiger partial charge in [0.15, 0.2) is 0 Å². The standard InChI is InChI=1S/C47H52N6O4/c1-31-24-33-10-6-7-12-36(33)30-53(31)47(57)42-26-37-29-52(45(55)27-35-11-8-9-13-43(35)51-22-20-48(3)21-23-51)19-18-34(37)25-41(42)44-28-40(32(2)49(44)4)46(56)50(5)38-14-16-39(54)17-15-38/h6-17,25-26,28,31,54H,18-24,27,29-30H2,1-5H3/t31-/m1/s1. The van der Waals surface area contributed by atoms with Crippen molar-refractivity contribution in [1.29, 1.82) is 0 Å². The fourth-order valence-corrected chi connectivity index (χ4v) is 8.76. The van der Waals surface area contributed by atoms with E-state index in [1.807, 2.05) is 52.6 Å². The van der Waals surface area contributed by atoms with Gasteiger partial charge in [0, 0.05) is 99.8 Å². The molecule has 0 bridgehead atoms. The molecule has 1 saturated heterocycles. The number of piperazine rings is 1. The number of likely N-dealkylation sites (N-methyl/N-ethyl adjacent to an activating group) is 1. The number of aromatic hydroxyl groups is 1. The summed E-state index contributed by atoms with van der Waals surface area (Å²) in [6.07, 6.45) is 1.75. The van der Waals surface area contributed by atoms with Crippen molar-refractivity contribution in [3.05, 3.63) is 136 Å². The fourth-order valence-electron chi connectivity index (χ4n) is 8.76. The predicted molar refractivity (Wildman–Crippen MR) is 225 cm³/mol. The lowest BCUT2D eigenvalue weighted by Gasteiger charge is -2.36. The molecule has 294 valence electrons. The van der Waals surface area contributed by atoms with E-state index in [0.717, 1.165) is 77.5 Å². The smallest absolute Gasteiger partial charge is 0.259 e. The van der Waals surface area contributed by atoms with Crippen molar-refractivity contribution in [2.45, 2.75) is 52.2 Å². The van der Waals surface area contributed by atoms with Crippen LogP contribution in [0.15, 0.2) is 91.0 Å². The summed E-state index contributed by atoms with van der Waals surface area (Å²) in [6.45, 7) is 9.42. The lowest BCUT2D eigenvalue weighted by molar-refractivity contribution is -0.131. The topological polar surface area (TPSA) is 92.6 Å². The summed E-state index contributed by atoms with van der Waals surface area (Å²) in [6, 6.07) is 29.2. The summed E-state index contributed by atoms with van der Waals surface area (Å²) in [5, 5.41) is 9.82. The van der Waals surface area contributed by atoms with Gasteiger partial charge in [-0.1, -0.05) is 42.5 Å². The highest BCUT2D eigenvalue weighted by atomic mass is 16.3. The van der Waals surface area contributed by atoms with E-state index in [1.165, 1.54) is 5.56 Å². The minimum atomic E-state index is -0.185. The minimum absolute atomic E-state index is 0.0130. The maximum atomic E-state index is 15.0. The number of para-hydroxylation sites is 1. The van der Waals surface area contributed by atoms with E-state index < -0.39 is 0 Å². The molecular weight excluding hydrogens is 713 g/mol. The lowest BCUT2D eigenvalue weighted by atomic mass is 9.89. The molecule has 1 atom stereocenters. The van der Waals surface area contributed by atoms with E-state index in [4.69, 9.17) is 0 Å². The highest BCUT2D eigenvalue weighted by Gasteiger charge is 2.33. The minimum Gasteiger partial charge on any atom is -0.508 e. The van der Waals surface area contributed by atoms with Crippen molar-refractivity contribution in [2.24, 2.45) is 7.05 Å². The van der Waals surface area contributed by atoms with Gasteiger partial charge >= 0.3 is 0 Å². The molecular formula is C47H52N6O4. The van der Waals surface area contributed by atoms with E-state index in [1.54, 1.807) is 36.2 Å². The molecule has 10 heteroatoms. The van der Waals surface area contributed by atoms with Crippen LogP contribution in [0.3, 0.4) is 0 Å². The Morgan fingerprint density at radius 2 is 1.47 bits per heavy atom. The molecule has 3 aliphatic heterocycles. The summed E-state index contributed by atoms with van der Waals surface area (Å²) in [5.74, 6) is -0.0323. The number of carbonyl (C=O) groups is 3. The number of amides is 3. The molecule has 5 aromatic rings. The van der Waals surface area contributed by atoms with Crippen LogP contribution in [0, 0.1) is 6.92 Å². The van der Waals surface area contributed by atoms with E-state index >= 15 is 0 Å². The monoisotopic (exact) mass is 764 g/mol. The highest BCUT2D eigenvalue weighted by Crippen LogP contribution is 2.36. The van der Waals surface area contributed by atoms with E-state index in [9.17, 15) is 19.5 Å². The Balaban J connectivity index is 1.13. The average Bonchev–Trinajstić information content (AvgIpc) is 3.52. The molecule has 0 aliphatic carbocycles. The summed E-state index contributed by atoms with van der Waals surface area (Å²) in [5.41, 5.74) is 10.8. The first-order valence-corrected chi connectivity index (χ1v) is 20.0. The largest absolute Gasteiger partial charge is 0.508 e. The van der Waals surface area contributed by atoms with Crippen LogP contribution >= 0.6 is 0 Å². The predicted octanol–water partition coefficient (Wildman–Crippen LogP) is 6.45. The van der Waals surface area contributed by atoms with Gasteiger partial charge in [-0.05, 0) is 110 Å². The number of hydrogen-bond acceptors (Lipinski definition) is 6. The quantitative estimate of drug-likeness (QED) is 0.205. The highest BCUT2D eigenvalue weighted by molar-refractivity contribution is 6.08. The Kier molecular flexibility index (Phi) is 10.4. The van der Waals surface area contributed by atoms with Crippen molar-refractivity contribution in [2.75, 3.05) is 56.6 Å². The molecule has 0 unspecified atom stereocenters. The van der Waals surface area contributed by atoms with Gasteiger partial charge in [0.05, 0.1) is 12.0 Å². The number of rotatable bonds is 7. The summed E-state index contributed by atoms with van der Waals surface area (Å²) in [4.78, 5) is 53.2. The molecule has 3 aliphatic rings. The maximum Gasteiger partial charge on any atom is 0.259 e. The van der Waals surface area contributed by atoms with Crippen LogP contribution in [0.1, 0.15) is 61.2 Å². The van der Waals surface area contributed by atoms with Gasteiger partial charge in [-0.3, -0.25) is 14.4 Å². The molecule has 57 heavy (non-hydrogen) atoms. The third-order valence-electron chi connectivity index (χ3n) is 12.5. The first-order valence-electron chi connectivity index (χ1n) is 20.0. The number of hydrogen-bond donors (Lipinski definition) is 1. The zero-order valence-electron chi connectivity index (χ0n) is 33.7. The van der Waals surface area contributed by atoms with E-state index in [-0.39, 0.29) is 29.5 Å². The molecule has 8 rings (SSSR count). The first kappa shape index (κ1) is 38.0. The Labute approximate surface area is 335 Å². The van der Waals surface area contributed by atoms with Crippen LogP contribution < -0.4 is 9.80 Å². The number of nitrogens with zero attached hydrogens (tertiary/aromatic N) is 6. The van der Waals surface area contributed by atoms with Crippen LogP contribution in [0.4, 0.5) is 11.4 Å². The van der Waals surface area contributed by atoms with Gasteiger partial charge in [-0.25, -0.2) is 0 Å². The van der Waals surface area contributed by atoms with Crippen LogP contribution in [-0.4, -0.2) is 95.0 Å². The zero-order valence-corrected chi connectivity index (χ0v) is 33.7. The Morgan fingerprint density at radius 3 is 2.23 bits per heavy atom. The second kappa shape index (κ2) is 15.6. The number of phenols is 1. The van der Waals surface area contributed by atoms with Gasteiger partial charge in [0.2, 0.25) is 5.91 Å². The third-order valence-corrected chi connectivity index (χ3v) is 12.5. The van der Waals surface area contributed by atoms with Crippen LogP contribution in [0.25, 0.3) is 11.3 Å². The van der Waals surface area contributed by atoms with Gasteiger partial charge in [-0.15, -0.1) is 0 Å². The molecule has 10 nitrogen and oxygen atoms in total. The summed E-state index contributed by atoms with van der Waals surface area (Å²) in [7, 11) is 5.81. The van der Waals surface area contributed by atoms with Gasteiger partial charge in [0.25, 0.3) is 11.8 Å². The molecule has 0 spiro atoms. The summed E-state index contributed by atoms with van der Waals surface area (Å²) < 4.78 is 2.00. The maximum absolute atomic E-state index is 15.0. The Morgan fingerprint density at radius 1 is 0.772 bits per heavy atom.